The van der Waals surface area contributed by atoms with Crippen LogP contribution in [0.4, 0.5) is 8.78 Å². The molecule has 0 saturated carbocycles. The summed E-state index contributed by atoms with van der Waals surface area (Å²) in [5, 5.41) is 0. The van der Waals surface area contributed by atoms with E-state index < -0.39 is 54.6 Å². The van der Waals surface area contributed by atoms with Crippen molar-refractivity contribution in [1.82, 2.24) is 0 Å². The topological polar surface area (TPSA) is 108 Å². The molecular formula is C32H61F2NO8. The highest BCUT2D eigenvalue weighted by atomic mass is 19.3. The van der Waals surface area contributed by atoms with Gasteiger partial charge in [-0.15, -0.1) is 0 Å². The second-order valence-electron chi connectivity index (χ2n) is 11.2. The normalized spacial score (nSPS) is 25.1. The third-order valence-electron chi connectivity index (χ3n) is 7.42. The molecule has 256 valence electrons. The van der Waals surface area contributed by atoms with Gasteiger partial charge in [0.2, 0.25) is 0 Å². The Kier molecular flexibility index (Phi) is 21.0. The van der Waals surface area contributed by atoms with Gasteiger partial charge in [0.25, 0.3) is 5.79 Å². The number of hydrogen-bond donors (Lipinski definition) is 1. The maximum Gasteiger partial charge on any atom is 0.323 e. The van der Waals surface area contributed by atoms with Crippen LogP contribution in [0.5, 0.6) is 0 Å². The van der Waals surface area contributed by atoms with Gasteiger partial charge in [-0.05, 0) is 39.0 Å². The van der Waals surface area contributed by atoms with Gasteiger partial charge in [0.05, 0.1) is 19.8 Å². The van der Waals surface area contributed by atoms with Crippen molar-refractivity contribution in [2.24, 2.45) is 5.73 Å². The maximum atomic E-state index is 16.9. The number of esters is 1. The number of alkyl halides is 2. The van der Waals surface area contributed by atoms with E-state index in [1.165, 1.54) is 0 Å². The minimum atomic E-state index is -3.77. The van der Waals surface area contributed by atoms with Crippen LogP contribution in [0.1, 0.15) is 112 Å². The molecule has 0 amide bonds. The number of hydrogen-bond acceptors (Lipinski definition) is 9. The lowest BCUT2D eigenvalue weighted by molar-refractivity contribution is -0.435. The third kappa shape index (κ3) is 12.8. The highest BCUT2D eigenvalue weighted by molar-refractivity contribution is 5.75. The van der Waals surface area contributed by atoms with Gasteiger partial charge < -0.3 is 38.9 Å². The highest BCUT2D eigenvalue weighted by Crippen LogP contribution is 2.48. The van der Waals surface area contributed by atoms with Crippen LogP contribution in [-0.4, -0.2) is 94.4 Å². The molecule has 0 aromatic carbocycles. The van der Waals surface area contributed by atoms with E-state index in [-0.39, 0.29) is 26.4 Å². The molecule has 6 atom stereocenters. The lowest BCUT2D eigenvalue weighted by Gasteiger charge is -2.54. The van der Waals surface area contributed by atoms with Crippen molar-refractivity contribution in [2.45, 2.75) is 154 Å². The Labute approximate surface area is 259 Å². The Hall–Kier alpha value is -0.950. The fourth-order valence-electron chi connectivity index (χ4n) is 4.84. The van der Waals surface area contributed by atoms with Crippen molar-refractivity contribution in [2.75, 3.05) is 46.2 Å². The van der Waals surface area contributed by atoms with E-state index in [1.54, 1.807) is 6.92 Å². The first-order valence-corrected chi connectivity index (χ1v) is 16.7. The molecule has 1 aliphatic heterocycles. The Balaban J connectivity index is 3.74. The number of halogens is 2. The lowest BCUT2D eigenvalue weighted by Crippen LogP contribution is -2.74. The number of carbonyl (C=O) groups excluding carboxylic acids is 1. The Bertz CT molecular complexity index is 719. The zero-order valence-electron chi connectivity index (χ0n) is 27.7. The molecule has 1 heterocycles. The van der Waals surface area contributed by atoms with Gasteiger partial charge in [-0.2, -0.15) is 0 Å². The molecule has 9 nitrogen and oxygen atoms in total. The Morgan fingerprint density at radius 2 is 1.30 bits per heavy atom. The molecule has 2 N–H and O–H groups in total. The highest BCUT2D eigenvalue weighted by Gasteiger charge is 2.69. The predicted octanol–water partition coefficient (Wildman–Crippen LogP) is 6.19. The molecule has 11 heteroatoms. The Morgan fingerprint density at radius 3 is 1.86 bits per heavy atom. The average Bonchev–Trinajstić information content (AvgIpc) is 2.97. The second-order valence-corrected chi connectivity index (χ2v) is 11.2. The summed E-state index contributed by atoms with van der Waals surface area (Å²) in [5.41, 5.74) is 5.98. The van der Waals surface area contributed by atoms with Gasteiger partial charge in [0.15, 0.2) is 0 Å². The summed E-state index contributed by atoms with van der Waals surface area (Å²) in [6.07, 6.45) is 2.63. The summed E-state index contributed by atoms with van der Waals surface area (Å²) in [6, 6.07) is -1.60. The number of unbranched alkanes of at least 4 members (excludes halogenated alkanes) is 5. The SMILES string of the molecule is CCCCOC[C@H]1O[C@@](OCCCC)(C(F)(F)CC(N)C(=O)OCC)[C@H](OCCCC)[C@@H](OCCCC)[C@H]1OCCCC. The summed E-state index contributed by atoms with van der Waals surface area (Å²) < 4.78 is 76.2. The van der Waals surface area contributed by atoms with Gasteiger partial charge in [0, 0.05) is 32.8 Å². The molecule has 0 aliphatic carbocycles. The fraction of sp³-hybridized carbons (Fsp3) is 0.969. The first-order valence-electron chi connectivity index (χ1n) is 16.7. The molecule has 1 rings (SSSR count). The molecular weight excluding hydrogens is 564 g/mol. The van der Waals surface area contributed by atoms with Crippen LogP contribution in [-0.2, 0) is 38.0 Å². The van der Waals surface area contributed by atoms with Crippen molar-refractivity contribution in [3.8, 4) is 0 Å². The number of carbonyl (C=O) groups is 1. The number of ether oxygens (including phenoxy) is 7. The van der Waals surface area contributed by atoms with Gasteiger partial charge in [0.1, 0.15) is 30.5 Å². The van der Waals surface area contributed by atoms with E-state index in [1.807, 2.05) is 27.7 Å². The summed E-state index contributed by atoms with van der Waals surface area (Å²) in [5.74, 6) is -7.30. The van der Waals surface area contributed by atoms with Crippen LogP contribution in [0.3, 0.4) is 0 Å². The molecule has 43 heavy (non-hydrogen) atoms. The summed E-state index contributed by atoms with van der Waals surface area (Å²) in [4.78, 5) is 12.4. The standard InChI is InChI=1S/C32H61F2NO8/c1-7-13-18-37-24-26-27(39-19-14-8-2)28(40-20-15-9-3)29(41-21-16-10-4)32(43-26,42-22-17-11-5)31(33,34)23-25(35)30(36)38-12-6/h25-29H,7-24,35H2,1-6H3/t25?,26-,27+,28+,29-,32-/m1/s1. The van der Waals surface area contributed by atoms with Crippen LogP contribution >= 0.6 is 0 Å². The van der Waals surface area contributed by atoms with E-state index in [2.05, 4.69) is 6.92 Å². The molecule has 0 aromatic heterocycles. The first-order chi connectivity index (χ1) is 20.7. The van der Waals surface area contributed by atoms with Crippen molar-refractivity contribution in [3.05, 3.63) is 0 Å². The molecule has 0 spiro atoms. The van der Waals surface area contributed by atoms with E-state index in [4.69, 9.17) is 38.9 Å². The molecule has 1 saturated heterocycles. The van der Waals surface area contributed by atoms with Crippen LogP contribution < -0.4 is 5.73 Å². The van der Waals surface area contributed by atoms with Crippen molar-refractivity contribution in [3.63, 3.8) is 0 Å². The van der Waals surface area contributed by atoms with E-state index >= 15 is 8.78 Å². The van der Waals surface area contributed by atoms with Crippen molar-refractivity contribution in [1.29, 1.82) is 0 Å². The summed E-state index contributed by atoms with van der Waals surface area (Å²) >= 11 is 0. The molecule has 0 aromatic rings. The van der Waals surface area contributed by atoms with Crippen molar-refractivity contribution >= 4 is 5.97 Å². The molecule has 1 aliphatic rings. The predicted molar refractivity (Wildman–Crippen MR) is 162 cm³/mol. The monoisotopic (exact) mass is 625 g/mol. The average molecular weight is 626 g/mol. The second kappa shape index (κ2) is 22.5. The van der Waals surface area contributed by atoms with E-state index in [0.29, 0.717) is 39.1 Å². The minimum Gasteiger partial charge on any atom is -0.465 e. The lowest BCUT2D eigenvalue weighted by atomic mass is 9.85. The minimum absolute atomic E-state index is 0.00497. The summed E-state index contributed by atoms with van der Waals surface area (Å²) in [6.45, 7) is 13.1. The van der Waals surface area contributed by atoms with E-state index in [9.17, 15) is 4.79 Å². The van der Waals surface area contributed by atoms with Crippen LogP contribution in [0.25, 0.3) is 0 Å². The smallest absolute Gasteiger partial charge is 0.323 e. The largest absolute Gasteiger partial charge is 0.465 e. The van der Waals surface area contributed by atoms with Crippen LogP contribution in [0.15, 0.2) is 0 Å². The molecule has 0 bridgehead atoms. The molecule has 0 radical (unpaired) electrons. The van der Waals surface area contributed by atoms with Crippen LogP contribution in [0.2, 0.25) is 0 Å². The zero-order valence-corrected chi connectivity index (χ0v) is 27.7. The zero-order chi connectivity index (χ0) is 32.1. The van der Waals surface area contributed by atoms with Crippen molar-refractivity contribution < 1.29 is 46.7 Å². The first kappa shape index (κ1) is 40.1. The Morgan fingerprint density at radius 1 is 0.791 bits per heavy atom. The van der Waals surface area contributed by atoms with E-state index in [0.717, 1.165) is 44.9 Å². The number of nitrogens with two attached hydrogens (primary N) is 1. The number of rotatable bonds is 26. The third-order valence-corrected chi connectivity index (χ3v) is 7.42. The quantitative estimate of drug-likeness (QED) is 0.0890. The van der Waals surface area contributed by atoms with Gasteiger partial charge in [-0.1, -0.05) is 66.7 Å². The molecule has 1 fully saturated rings. The van der Waals surface area contributed by atoms with Gasteiger partial charge in [-0.25, -0.2) is 8.78 Å². The van der Waals surface area contributed by atoms with Gasteiger partial charge in [-0.3, -0.25) is 4.79 Å². The fourth-order valence-corrected chi connectivity index (χ4v) is 4.84. The van der Waals surface area contributed by atoms with Gasteiger partial charge >= 0.3 is 11.9 Å². The summed E-state index contributed by atoms with van der Waals surface area (Å²) in [7, 11) is 0. The van der Waals surface area contributed by atoms with Crippen LogP contribution in [0, 0.1) is 0 Å². The maximum absolute atomic E-state index is 16.9. The molecule has 1 unspecified atom stereocenters.